The molecule has 0 saturated carbocycles. The van der Waals surface area contributed by atoms with Crippen molar-refractivity contribution in [2.45, 2.75) is 26.7 Å². The molecule has 2 aromatic carbocycles. The highest BCUT2D eigenvalue weighted by Gasteiger charge is 2.20. The third kappa shape index (κ3) is 3.94. The van der Waals surface area contributed by atoms with E-state index in [9.17, 15) is 9.18 Å². The molecule has 0 saturated heterocycles. The van der Waals surface area contributed by atoms with Crippen LogP contribution >= 0.6 is 0 Å². The number of carbonyl (C=O) groups excluding carboxylic acids is 1. The Kier molecular flexibility index (Phi) is 5.57. The van der Waals surface area contributed by atoms with E-state index in [1.54, 1.807) is 18.2 Å². The largest absolute Gasteiger partial charge is 0.352 e. The fourth-order valence-electron chi connectivity index (χ4n) is 3.37. The van der Waals surface area contributed by atoms with Crippen molar-refractivity contribution in [2.24, 2.45) is 0 Å². The Labute approximate surface area is 174 Å². The Morgan fingerprint density at radius 3 is 2.47 bits per heavy atom. The van der Waals surface area contributed by atoms with Gasteiger partial charge < -0.3 is 5.32 Å². The summed E-state index contributed by atoms with van der Waals surface area (Å²) < 4.78 is 13.4. The van der Waals surface area contributed by atoms with Gasteiger partial charge in [0.2, 0.25) is 0 Å². The maximum absolute atomic E-state index is 13.4. The molecule has 0 spiro atoms. The molecule has 1 amide bonds. The summed E-state index contributed by atoms with van der Waals surface area (Å²) in [7, 11) is 0. The minimum Gasteiger partial charge on any atom is -0.352 e. The van der Waals surface area contributed by atoms with Gasteiger partial charge in [0.25, 0.3) is 5.91 Å². The number of fused-ring (bicyclic) bond motifs is 1. The van der Waals surface area contributed by atoms with E-state index in [-0.39, 0.29) is 11.7 Å². The number of hydrogen-bond acceptors (Lipinski definition) is 3. The number of amides is 1. The van der Waals surface area contributed by atoms with Crippen LogP contribution in [0.15, 0.2) is 54.6 Å². The zero-order valence-electron chi connectivity index (χ0n) is 17.0. The monoisotopic (exact) mass is 402 g/mol. The molecule has 2 N–H and O–H groups in total. The standard InChI is InChI=1S/C24H23FN4O/c1-3-4-13-26-24(30)19-14-20(16-7-5-15(2)6-8-16)27-23-21(19)22(28-29-23)17-9-11-18(25)12-10-17/h5-12,14H,3-4,13H2,1-2H3,(H,26,30)(H,27,28,29). The third-order valence-corrected chi connectivity index (χ3v) is 5.06. The number of pyridine rings is 1. The Hall–Kier alpha value is -3.54. The van der Waals surface area contributed by atoms with Crippen LogP contribution in [0.1, 0.15) is 35.7 Å². The first-order valence-corrected chi connectivity index (χ1v) is 10.1. The van der Waals surface area contributed by atoms with Gasteiger partial charge in [-0.05, 0) is 43.7 Å². The van der Waals surface area contributed by atoms with Crippen LogP contribution in [0.2, 0.25) is 0 Å². The number of H-pyrrole nitrogens is 1. The summed E-state index contributed by atoms with van der Waals surface area (Å²) in [6, 6.07) is 15.9. The first-order chi connectivity index (χ1) is 14.6. The molecule has 2 aromatic heterocycles. The summed E-state index contributed by atoms with van der Waals surface area (Å²) in [6.07, 6.45) is 1.90. The zero-order valence-corrected chi connectivity index (χ0v) is 17.0. The molecule has 0 unspecified atom stereocenters. The van der Waals surface area contributed by atoms with Crippen LogP contribution in [0, 0.1) is 12.7 Å². The summed E-state index contributed by atoms with van der Waals surface area (Å²) in [4.78, 5) is 17.7. The number of carbonyl (C=O) groups is 1. The first kappa shape index (κ1) is 19.8. The predicted octanol–water partition coefficient (Wildman–Crippen LogP) is 5.27. The molecule has 2 heterocycles. The molecule has 30 heavy (non-hydrogen) atoms. The van der Waals surface area contributed by atoms with Gasteiger partial charge in [0.1, 0.15) is 5.82 Å². The lowest BCUT2D eigenvalue weighted by atomic mass is 10.0. The number of nitrogens with one attached hydrogen (secondary N) is 2. The van der Waals surface area contributed by atoms with E-state index in [1.807, 2.05) is 31.2 Å². The third-order valence-electron chi connectivity index (χ3n) is 5.06. The van der Waals surface area contributed by atoms with E-state index < -0.39 is 0 Å². The molecular weight excluding hydrogens is 379 g/mol. The van der Waals surface area contributed by atoms with Gasteiger partial charge in [0, 0.05) is 17.7 Å². The van der Waals surface area contributed by atoms with Crippen LogP contribution < -0.4 is 5.32 Å². The number of unbranched alkanes of at least 4 members (excludes halogenated alkanes) is 1. The lowest BCUT2D eigenvalue weighted by Gasteiger charge is -2.10. The maximum atomic E-state index is 13.4. The average molecular weight is 402 g/mol. The van der Waals surface area contributed by atoms with Gasteiger partial charge in [0.15, 0.2) is 5.65 Å². The molecule has 0 aliphatic carbocycles. The number of aryl methyl sites for hydroxylation is 1. The van der Waals surface area contributed by atoms with Gasteiger partial charge >= 0.3 is 0 Å². The van der Waals surface area contributed by atoms with E-state index in [0.29, 0.717) is 34.5 Å². The lowest BCUT2D eigenvalue weighted by Crippen LogP contribution is -2.24. The minimum atomic E-state index is -0.320. The molecule has 0 aliphatic heterocycles. The smallest absolute Gasteiger partial charge is 0.252 e. The second-order valence-electron chi connectivity index (χ2n) is 7.33. The van der Waals surface area contributed by atoms with Gasteiger partial charge in [-0.1, -0.05) is 43.2 Å². The molecule has 152 valence electrons. The fourth-order valence-corrected chi connectivity index (χ4v) is 3.37. The Morgan fingerprint density at radius 1 is 1.07 bits per heavy atom. The molecule has 6 heteroatoms. The second-order valence-corrected chi connectivity index (χ2v) is 7.33. The number of hydrogen-bond donors (Lipinski definition) is 2. The fraction of sp³-hybridized carbons (Fsp3) is 0.208. The highest BCUT2D eigenvalue weighted by molar-refractivity contribution is 6.10. The van der Waals surface area contributed by atoms with E-state index in [2.05, 4.69) is 27.4 Å². The van der Waals surface area contributed by atoms with Crippen molar-refractivity contribution >= 4 is 16.9 Å². The Balaban J connectivity index is 1.87. The van der Waals surface area contributed by atoms with Crippen molar-refractivity contribution in [1.82, 2.24) is 20.5 Å². The van der Waals surface area contributed by atoms with Crippen LogP contribution in [-0.4, -0.2) is 27.6 Å². The van der Waals surface area contributed by atoms with Gasteiger partial charge in [-0.3, -0.25) is 9.89 Å². The zero-order chi connectivity index (χ0) is 21.1. The normalized spacial score (nSPS) is 11.0. The Bertz CT molecular complexity index is 1180. The summed E-state index contributed by atoms with van der Waals surface area (Å²) in [5.74, 6) is -0.492. The van der Waals surface area contributed by atoms with Gasteiger partial charge in [-0.15, -0.1) is 0 Å². The van der Waals surface area contributed by atoms with Crippen LogP contribution in [0.3, 0.4) is 0 Å². The van der Waals surface area contributed by atoms with E-state index >= 15 is 0 Å². The molecule has 0 bridgehead atoms. The van der Waals surface area contributed by atoms with Gasteiger partial charge in [-0.2, -0.15) is 5.10 Å². The van der Waals surface area contributed by atoms with Crippen LogP contribution in [0.4, 0.5) is 4.39 Å². The van der Waals surface area contributed by atoms with Crippen LogP contribution in [-0.2, 0) is 0 Å². The number of aromatic amines is 1. The second kappa shape index (κ2) is 8.45. The van der Waals surface area contributed by atoms with Crippen molar-refractivity contribution in [1.29, 1.82) is 0 Å². The van der Waals surface area contributed by atoms with E-state index in [4.69, 9.17) is 0 Å². The number of rotatable bonds is 6. The summed E-state index contributed by atoms with van der Waals surface area (Å²) in [5.41, 5.74) is 5.08. The van der Waals surface area contributed by atoms with Gasteiger partial charge in [0.05, 0.1) is 22.3 Å². The molecule has 0 radical (unpaired) electrons. The topological polar surface area (TPSA) is 70.7 Å². The number of nitrogens with zero attached hydrogens (tertiary/aromatic N) is 2. The quantitative estimate of drug-likeness (QED) is 0.432. The van der Waals surface area contributed by atoms with Crippen LogP contribution in [0.5, 0.6) is 0 Å². The number of halogens is 1. The van der Waals surface area contributed by atoms with Crippen molar-refractivity contribution in [2.75, 3.05) is 6.54 Å². The lowest BCUT2D eigenvalue weighted by molar-refractivity contribution is 0.0955. The van der Waals surface area contributed by atoms with Crippen LogP contribution in [0.25, 0.3) is 33.5 Å². The number of benzene rings is 2. The molecule has 0 fully saturated rings. The summed E-state index contributed by atoms with van der Waals surface area (Å²) >= 11 is 0. The van der Waals surface area contributed by atoms with Crippen molar-refractivity contribution in [3.63, 3.8) is 0 Å². The molecule has 0 atom stereocenters. The molecule has 0 aliphatic rings. The summed E-state index contributed by atoms with van der Waals surface area (Å²) in [5, 5.41) is 11.0. The number of aromatic nitrogens is 3. The Morgan fingerprint density at radius 2 is 1.77 bits per heavy atom. The minimum absolute atomic E-state index is 0.172. The predicted molar refractivity (Wildman–Crippen MR) is 117 cm³/mol. The van der Waals surface area contributed by atoms with E-state index in [0.717, 1.165) is 29.5 Å². The van der Waals surface area contributed by atoms with Crippen molar-refractivity contribution in [3.05, 3.63) is 71.5 Å². The molecule has 5 nitrogen and oxygen atoms in total. The van der Waals surface area contributed by atoms with Crippen molar-refractivity contribution in [3.8, 4) is 22.5 Å². The highest BCUT2D eigenvalue weighted by atomic mass is 19.1. The van der Waals surface area contributed by atoms with Gasteiger partial charge in [-0.25, -0.2) is 9.37 Å². The summed E-state index contributed by atoms with van der Waals surface area (Å²) in [6.45, 7) is 4.70. The molecule has 4 aromatic rings. The highest BCUT2D eigenvalue weighted by Crippen LogP contribution is 2.31. The first-order valence-electron chi connectivity index (χ1n) is 10.1. The SMILES string of the molecule is CCCCNC(=O)c1cc(-c2ccc(C)cc2)nc2n[nH]c(-c3ccc(F)cc3)c12. The average Bonchev–Trinajstić information content (AvgIpc) is 3.18. The molecule has 4 rings (SSSR count). The van der Waals surface area contributed by atoms with Crippen molar-refractivity contribution < 1.29 is 9.18 Å². The van der Waals surface area contributed by atoms with E-state index in [1.165, 1.54) is 12.1 Å². The maximum Gasteiger partial charge on any atom is 0.252 e. The molecular formula is C24H23FN4O.